The maximum Gasteiger partial charge on any atom is 0.255 e. The van der Waals surface area contributed by atoms with Crippen molar-refractivity contribution in [3.8, 4) is 0 Å². The Kier molecular flexibility index (Phi) is 5.11. The lowest BCUT2D eigenvalue weighted by Gasteiger charge is -2.24. The number of carbonyl (C=O) groups excluding carboxylic acids is 1. The van der Waals surface area contributed by atoms with Gasteiger partial charge in [-0.05, 0) is 37.1 Å². The highest BCUT2D eigenvalue weighted by Gasteiger charge is 2.30. The Morgan fingerprint density at radius 1 is 1.53 bits per heavy atom. The second kappa shape index (κ2) is 6.62. The van der Waals surface area contributed by atoms with Crippen LogP contribution in [0, 0.1) is 0 Å². The van der Waals surface area contributed by atoms with Crippen molar-refractivity contribution >= 4 is 29.3 Å². The topological polar surface area (TPSA) is 33.2 Å². The summed E-state index contributed by atoms with van der Waals surface area (Å²) in [6.07, 6.45) is 4.96. The fourth-order valence-corrected chi connectivity index (χ4v) is 3.77. The number of amides is 1. The molecule has 19 heavy (non-hydrogen) atoms. The number of hydrogen-bond donors (Lipinski definition) is 0. The highest BCUT2D eigenvalue weighted by molar-refractivity contribution is 7.99. The van der Waals surface area contributed by atoms with Crippen LogP contribution in [-0.2, 0) is 0 Å². The van der Waals surface area contributed by atoms with Crippen LogP contribution < -0.4 is 0 Å². The van der Waals surface area contributed by atoms with E-state index in [1.807, 2.05) is 23.7 Å². The molecular weight excluding hydrogens is 280 g/mol. The second-order valence-electron chi connectivity index (χ2n) is 4.83. The number of aromatic nitrogens is 1. The summed E-state index contributed by atoms with van der Waals surface area (Å²) in [4.78, 5) is 18.2. The Hall–Kier alpha value is -0.740. The van der Waals surface area contributed by atoms with E-state index in [1.54, 1.807) is 18.3 Å². The van der Waals surface area contributed by atoms with E-state index in [4.69, 9.17) is 11.6 Å². The molecule has 1 aromatic rings. The molecule has 1 heterocycles. The molecule has 0 N–H and O–H groups in total. The number of hydrogen-bond acceptors (Lipinski definition) is 3. The van der Waals surface area contributed by atoms with Crippen molar-refractivity contribution in [2.75, 3.05) is 12.8 Å². The van der Waals surface area contributed by atoms with Crippen LogP contribution in [0.1, 0.15) is 36.5 Å². The highest BCUT2D eigenvalue weighted by Crippen LogP contribution is 2.32. The van der Waals surface area contributed by atoms with E-state index >= 15 is 0 Å². The van der Waals surface area contributed by atoms with E-state index in [2.05, 4.69) is 11.9 Å². The highest BCUT2D eigenvalue weighted by atomic mass is 35.5. The molecule has 0 spiro atoms. The van der Waals surface area contributed by atoms with Gasteiger partial charge >= 0.3 is 0 Å². The fraction of sp³-hybridized carbons (Fsp3) is 0.571. The molecule has 1 fully saturated rings. The zero-order valence-electron chi connectivity index (χ0n) is 11.3. The van der Waals surface area contributed by atoms with Gasteiger partial charge in [-0.2, -0.15) is 11.8 Å². The van der Waals surface area contributed by atoms with Gasteiger partial charge in [-0.3, -0.25) is 4.79 Å². The lowest BCUT2D eigenvalue weighted by molar-refractivity contribution is 0.0735. The number of nitrogens with zero attached hydrogens (tertiary/aromatic N) is 2. The molecule has 2 rings (SSSR count). The number of halogens is 1. The number of pyridine rings is 1. The molecule has 0 aromatic carbocycles. The minimum absolute atomic E-state index is 0.0383. The molecule has 1 amide bonds. The Balaban J connectivity index is 1.98. The van der Waals surface area contributed by atoms with E-state index in [0.717, 1.165) is 18.6 Å². The summed E-state index contributed by atoms with van der Waals surface area (Å²) in [5.74, 6) is 1.19. The van der Waals surface area contributed by atoms with Crippen LogP contribution in [0.25, 0.3) is 0 Å². The SMILES string of the molecule is CCS[C@H]1CC[C@H](N(C)C(=O)c2ccc(Cl)nc2)C1. The number of rotatable bonds is 4. The van der Waals surface area contributed by atoms with E-state index in [-0.39, 0.29) is 5.91 Å². The van der Waals surface area contributed by atoms with Gasteiger partial charge in [0.2, 0.25) is 0 Å². The predicted molar refractivity (Wildman–Crippen MR) is 80.9 cm³/mol. The maximum atomic E-state index is 12.3. The zero-order chi connectivity index (χ0) is 13.8. The van der Waals surface area contributed by atoms with Crippen LogP contribution in [0.2, 0.25) is 5.15 Å². The van der Waals surface area contributed by atoms with Crippen molar-refractivity contribution in [3.05, 3.63) is 29.0 Å². The summed E-state index contributed by atoms with van der Waals surface area (Å²) in [5, 5.41) is 1.12. The summed E-state index contributed by atoms with van der Waals surface area (Å²) < 4.78 is 0. The molecule has 1 aliphatic carbocycles. The summed E-state index contributed by atoms with van der Waals surface area (Å²) in [5.41, 5.74) is 0.610. The molecule has 2 atom stereocenters. The molecule has 0 bridgehead atoms. The van der Waals surface area contributed by atoms with Crippen molar-refractivity contribution in [1.29, 1.82) is 0 Å². The summed E-state index contributed by atoms with van der Waals surface area (Å²) in [7, 11) is 1.89. The third-order valence-corrected chi connectivity index (χ3v) is 5.06. The second-order valence-corrected chi connectivity index (χ2v) is 6.79. The fourth-order valence-electron chi connectivity index (χ4n) is 2.53. The zero-order valence-corrected chi connectivity index (χ0v) is 12.9. The van der Waals surface area contributed by atoms with Crippen LogP contribution in [0.5, 0.6) is 0 Å². The molecule has 0 aliphatic heterocycles. The quantitative estimate of drug-likeness (QED) is 0.798. The monoisotopic (exact) mass is 298 g/mol. The Bertz CT molecular complexity index is 438. The third-order valence-electron chi connectivity index (χ3n) is 3.60. The Morgan fingerprint density at radius 3 is 2.95 bits per heavy atom. The molecule has 0 saturated heterocycles. The van der Waals surface area contributed by atoms with Gasteiger partial charge in [0.05, 0.1) is 5.56 Å². The molecule has 3 nitrogen and oxygen atoms in total. The Morgan fingerprint density at radius 2 is 2.32 bits per heavy atom. The van der Waals surface area contributed by atoms with Crippen molar-refractivity contribution < 1.29 is 4.79 Å². The predicted octanol–water partition coefficient (Wildman–Crippen LogP) is 3.48. The third kappa shape index (κ3) is 3.63. The van der Waals surface area contributed by atoms with Gasteiger partial charge in [-0.25, -0.2) is 4.98 Å². The average molecular weight is 299 g/mol. The first-order chi connectivity index (χ1) is 9.11. The van der Waals surface area contributed by atoms with Crippen molar-refractivity contribution in [2.45, 2.75) is 37.5 Å². The molecule has 5 heteroatoms. The lowest BCUT2D eigenvalue weighted by atomic mass is 10.2. The lowest BCUT2D eigenvalue weighted by Crippen LogP contribution is -2.35. The largest absolute Gasteiger partial charge is 0.339 e. The molecule has 0 radical (unpaired) electrons. The van der Waals surface area contributed by atoms with Crippen LogP contribution in [0.15, 0.2) is 18.3 Å². The first kappa shape index (κ1) is 14.7. The molecular formula is C14H19ClN2OS. The van der Waals surface area contributed by atoms with Crippen molar-refractivity contribution in [3.63, 3.8) is 0 Å². The summed E-state index contributed by atoms with van der Waals surface area (Å²) >= 11 is 7.74. The first-order valence-corrected chi connectivity index (χ1v) is 8.04. The maximum absolute atomic E-state index is 12.3. The van der Waals surface area contributed by atoms with E-state index in [9.17, 15) is 4.79 Å². The molecule has 104 valence electrons. The number of carbonyl (C=O) groups is 1. The van der Waals surface area contributed by atoms with Gasteiger partial charge in [0.1, 0.15) is 5.15 Å². The van der Waals surface area contributed by atoms with Crippen LogP contribution in [0.3, 0.4) is 0 Å². The smallest absolute Gasteiger partial charge is 0.255 e. The molecule has 0 unspecified atom stereocenters. The minimum atomic E-state index is 0.0383. The van der Waals surface area contributed by atoms with Gasteiger partial charge in [-0.15, -0.1) is 0 Å². The van der Waals surface area contributed by atoms with Crippen LogP contribution >= 0.6 is 23.4 Å². The molecule has 1 aliphatic rings. The summed E-state index contributed by atoms with van der Waals surface area (Å²) in [6.45, 7) is 2.19. The van der Waals surface area contributed by atoms with Crippen LogP contribution in [-0.4, -0.2) is 39.9 Å². The first-order valence-electron chi connectivity index (χ1n) is 6.62. The molecule has 1 saturated carbocycles. The van der Waals surface area contributed by atoms with E-state index in [1.165, 1.54) is 6.42 Å². The van der Waals surface area contributed by atoms with Gasteiger partial charge in [0.15, 0.2) is 0 Å². The van der Waals surface area contributed by atoms with E-state index < -0.39 is 0 Å². The van der Waals surface area contributed by atoms with Crippen LogP contribution in [0.4, 0.5) is 0 Å². The minimum Gasteiger partial charge on any atom is -0.339 e. The summed E-state index contributed by atoms with van der Waals surface area (Å²) in [6, 6.07) is 3.75. The Labute approximate surface area is 123 Å². The standard InChI is InChI=1S/C14H19ClN2OS/c1-3-19-12-6-5-11(8-12)17(2)14(18)10-4-7-13(15)16-9-10/h4,7,9,11-12H,3,5-6,8H2,1-2H3/t11-,12-/m0/s1. The van der Waals surface area contributed by atoms with Crippen molar-refractivity contribution in [2.24, 2.45) is 0 Å². The van der Waals surface area contributed by atoms with Gasteiger partial charge in [0, 0.05) is 24.5 Å². The molecule has 1 aromatic heterocycles. The average Bonchev–Trinajstić information content (AvgIpc) is 2.87. The normalized spacial score (nSPS) is 22.5. The van der Waals surface area contributed by atoms with Gasteiger partial charge in [-0.1, -0.05) is 18.5 Å². The van der Waals surface area contributed by atoms with Gasteiger partial charge in [0.25, 0.3) is 5.91 Å². The number of thioether (sulfide) groups is 1. The van der Waals surface area contributed by atoms with E-state index in [0.29, 0.717) is 22.0 Å². The van der Waals surface area contributed by atoms with Crippen molar-refractivity contribution in [1.82, 2.24) is 9.88 Å². The van der Waals surface area contributed by atoms with Gasteiger partial charge < -0.3 is 4.90 Å².